The summed E-state index contributed by atoms with van der Waals surface area (Å²) in [6.45, 7) is 2.29. The summed E-state index contributed by atoms with van der Waals surface area (Å²) in [4.78, 5) is 25.7. The number of anilines is 2. The number of aromatic nitrogens is 2. The lowest BCUT2D eigenvalue weighted by Gasteiger charge is -2.16. The summed E-state index contributed by atoms with van der Waals surface area (Å²) in [5, 5.41) is 16.7. The Morgan fingerprint density at radius 3 is 2.57 bits per heavy atom. The quantitative estimate of drug-likeness (QED) is 0.211. The zero-order valence-corrected chi connectivity index (χ0v) is 23.8. The lowest BCUT2D eigenvalue weighted by Crippen LogP contribution is -2.10. The Kier molecular flexibility index (Phi) is 7.13. The molecule has 42 heavy (non-hydrogen) atoms. The molecular formula is C32H25FN4O4S. The van der Waals surface area contributed by atoms with E-state index in [1.807, 2.05) is 18.2 Å². The van der Waals surface area contributed by atoms with Gasteiger partial charge in [-0.3, -0.25) is 4.99 Å². The van der Waals surface area contributed by atoms with Gasteiger partial charge in [-0.25, -0.2) is 19.2 Å². The van der Waals surface area contributed by atoms with Crippen LogP contribution in [-0.4, -0.2) is 41.0 Å². The summed E-state index contributed by atoms with van der Waals surface area (Å²) in [6, 6.07) is 15.4. The molecule has 3 heterocycles. The largest absolute Gasteiger partial charge is 0.496 e. The summed E-state index contributed by atoms with van der Waals surface area (Å²) >= 11 is 1.62. The summed E-state index contributed by atoms with van der Waals surface area (Å²) in [5.41, 5.74) is 7.49. The molecular weight excluding hydrogens is 555 g/mol. The monoisotopic (exact) mass is 580 g/mol. The fraction of sp³-hybridized carbons (Fsp3) is 0.125. The number of carboxylic acid groups (broad SMARTS) is 1. The van der Waals surface area contributed by atoms with E-state index in [1.165, 1.54) is 26.4 Å². The number of hydrogen-bond donors (Lipinski definition) is 2. The van der Waals surface area contributed by atoms with Crippen LogP contribution in [0.3, 0.4) is 0 Å². The first-order valence-electron chi connectivity index (χ1n) is 13.0. The van der Waals surface area contributed by atoms with Crippen LogP contribution in [0.25, 0.3) is 22.4 Å². The van der Waals surface area contributed by atoms with E-state index in [2.05, 4.69) is 28.0 Å². The molecule has 6 rings (SSSR count). The smallest absolute Gasteiger partial charge is 0.339 e. The molecule has 2 N–H and O–H groups in total. The molecule has 0 fully saturated rings. The van der Waals surface area contributed by atoms with E-state index < -0.39 is 11.8 Å². The average molecular weight is 581 g/mol. The van der Waals surface area contributed by atoms with Crippen LogP contribution in [-0.2, 0) is 6.54 Å². The summed E-state index contributed by atoms with van der Waals surface area (Å²) < 4.78 is 26.2. The highest BCUT2D eigenvalue weighted by Crippen LogP contribution is 2.38. The van der Waals surface area contributed by atoms with Gasteiger partial charge in [0.2, 0.25) is 5.95 Å². The van der Waals surface area contributed by atoms with Crippen LogP contribution in [0.4, 0.5) is 16.0 Å². The maximum atomic E-state index is 15.4. The van der Waals surface area contributed by atoms with Crippen molar-refractivity contribution in [3.63, 3.8) is 0 Å². The number of carboxylic acids is 1. The molecule has 0 atom stereocenters. The number of aromatic carboxylic acids is 1. The molecule has 2 aromatic heterocycles. The fourth-order valence-electron chi connectivity index (χ4n) is 5.03. The third-order valence-corrected chi connectivity index (χ3v) is 7.95. The molecule has 0 unspecified atom stereocenters. The van der Waals surface area contributed by atoms with E-state index in [1.54, 1.807) is 41.8 Å². The number of methoxy groups -OCH3 is 2. The lowest BCUT2D eigenvalue weighted by atomic mass is 9.91. The molecule has 1 aliphatic heterocycles. The summed E-state index contributed by atoms with van der Waals surface area (Å²) in [6.07, 6.45) is 1.69. The number of nitrogens with zero attached hydrogens (tertiary/aromatic N) is 3. The van der Waals surface area contributed by atoms with Gasteiger partial charge >= 0.3 is 5.97 Å². The van der Waals surface area contributed by atoms with E-state index >= 15 is 4.39 Å². The van der Waals surface area contributed by atoms with Gasteiger partial charge in [0.1, 0.15) is 22.9 Å². The molecule has 0 aliphatic carbocycles. The average Bonchev–Trinajstić information content (AvgIpc) is 3.36. The van der Waals surface area contributed by atoms with Crippen molar-refractivity contribution in [1.29, 1.82) is 0 Å². The Morgan fingerprint density at radius 1 is 1.00 bits per heavy atom. The van der Waals surface area contributed by atoms with Crippen molar-refractivity contribution in [2.45, 2.75) is 13.5 Å². The van der Waals surface area contributed by atoms with E-state index in [9.17, 15) is 9.90 Å². The van der Waals surface area contributed by atoms with E-state index in [0.717, 1.165) is 33.4 Å². The van der Waals surface area contributed by atoms with Crippen molar-refractivity contribution in [1.82, 2.24) is 9.97 Å². The van der Waals surface area contributed by atoms with E-state index in [-0.39, 0.29) is 23.4 Å². The van der Waals surface area contributed by atoms with Crippen molar-refractivity contribution in [2.75, 3.05) is 19.5 Å². The highest BCUT2D eigenvalue weighted by molar-refractivity contribution is 7.08. The molecule has 210 valence electrons. The number of hydrogen-bond acceptors (Lipinski definition) is 8. The van der Waals surface area contributed by atoms with Crippen LogP contribution < -0.4 is 14.8 Å². The van der Waals surface area contributed by atoms with Gasteiger partial charge in [-0.2, -0.15) is 11.3 Å². The number of fused-ring (bicyclic) bond motifs is 3. The minimum atomic E-state index is -1.09. The Hall–Kier alpha value is -5.09. The molecule has 0 amide bonds. The van der Waals surface area contributed by atoms with Crippen molar-refractivity contribution in [2.24, 2.45) is 4.99 Å². The standard InChI is InChI=1S/C32H25FN4O4S/c1-17-15-42-16-24(17)18-7-9-21-23(11-18)30(28-25(33)5-4-6-26(28)40-2)34-13-19-14-35-32(37-29(19)21)36-20-8-10-22(31(38)39)27(12-20)41-3/h4-12,14-16H,13H2,1-3H3,(H,38,39)(H,35,36,37). The number of aliphatic imine (C=N–C) groups is 1. The van der Waals surface area contributed by atoms with Gasteiger partial charge in [0, 0.05) is 34.6 Å². The molecule has 0 saturated heterocycles. The first-order valence-corrected chi connectivity index (χ1v) is 13.9. The number of thiophene rings is 1. The van der Waals surface area contributed by atoms with Crippen LogP contribution >= 0.6 is 11.3 Å². The molecule has 3 aromatic carbocycles. The topological polar surface area (TPSA) is 106 Å². The van der Waals surface area contributed by atoms with Crippen molar-refractivity contribution in [3.8, 4) is 33.9 Å². The SMILES string of the molecule is COc1cc(Nc2ncc3c(n2)-c2ccc(-c4cscc4C)cc2C(c2c(F)cccc2OC)=NC3)ccc1C(=O)O. The second kappa shape index (κ2) is 11.1. The minimum absolute atomic E-state index is 0.0461. The highest BCUT2D eigenvalue weighted by atomic mass is 32.1. The summed E-state index contributed by atoms with van der Waals surface area (Å²) in [5.74, 6) is -0.630. The summed E-state index contributed by atoms with van der Waals surface area (Å²) in [7, 11) is 2.92. The molecule has 0 radical (unpaired) electrons. The van der Waals surface area contributed by atoms with Crippen LogP contribution in [0.15, 0.2) is 76.5 Å². The van der Waals surface area contributed by atoms with Crippen LogP contribution in [0.2, 0.25) is 0 Å². The molecule has 5 aromatic rings. The normalized spacial score (nSPS) is 12.0. The molecule has 0 spiro atoms. The zero-order valence-electron chi connectivity index (χ0n) is 22.9. The maximum Gasteiger partial charge on any atom is 0.339 e. The van der Waals surface area contributed by atoms with Crippen LogP contribution in [0, 0.1) is 12.7 Å². The molecule has 8 nitrogen and oxygen atoms in total. The zero-order chi connectivity index (χ0) is 29.4. The van der Waals surface area contributed by atoms with E-state index in [4.69, 9.17) is 19.5 Å². The second-order valence-electron chi connectivity index (χ2n) is 9.62. The van der Waals surface area contributed by atoms with Gasteiger partial charge in [0.25, 0.3) is 0 Å². The number of nitrogens with one attached hydrogen (secondary N) is 1. The van der Waals surface area contributed by atoms with Crippen molar-refractivity contribution in [3.05, 3.63) is 105 Å². The predicted octanol–water partition coefficient (Wildman–Crippen LogP) is 7.13. The number of benzene rings is 3. The molecule has 1 aliphatic rings. The molecule has 0 saturated carbocycles. The van der Waals surface area contributed by atoms with E-state index in [0.29, 0.717) is 28.8 Å². The third kappa shape index (κ3) is 4.86. The Bertz CT molecular complexity index is 1880. The number of ether oxygens (including phenoxy) is 2. The van der Waals surface area contributed by atoms with Crippen LogP contribution in [0.5, 0.6) is 11.5 Å². The van der Waals surface area contributed by atoms with Gasteiger partial charge in [-0.15, -0.1) is 0 Å². The Labute approximate surface area is 245 Å². The Balaban J connectivity index is 1.49. The van der Waals surface area contributed by atoms with Gasteiger partial charge in [-0.1, -0.05) is 18.2 Å². The molecule has 0 bridgehead atoms. The molecule has 10 heteroatoms. The Morgan fingerprint density at radius 2 is 1.83 bits per heavy atom. The minimum Gasteiger partial charge on any atom is -0.496 e. The lowest BCUT2D eigenvalue weighted by molar-refractivity contribution is 0.0693. The number of carbonyl (C=O) groups is 1. The first-order chi connectivity index (χ1) is 20.4. The van der Waals surface area contributed by atoms with Gasteiger partial charge in [0.05, 0.1) is 37.7 Å². The van der Waals surface area contributed by atoms with Crippen molar-refractivity contribution < 1.29 is 23.8 Å². The fourth-order valence-corrected chi connectivity index (χ4v) is 5.89. The van der Waals surface area contributed by atoms with Crippen molar-refractivity contribution >= 4 is 34.7 Å². The maximum absolute atomic E-state index is 15.4. The first kappa shape index (κ1) is 27.1. The van der Waals surface area contributed by atoms with Gasteiger partial charge in [0.15, 0.2) is 0 Å². The van der Waals surface area contributed by atoms with Crippen LogP contribution in [0.1, 0.15) is 32.6 Å². The highest BCUT2D eigenvalue weighted by Gasteiger charge is 2.26. The number of rotatable bonds is 7. The third-order valence-electron chi connectivity index (χ3n) is 7.09. The second-order valence-corrected chi connectivity index (χ2v) is 10.4. The van der Waals surface area contributed by atoms with Gasteiger partial charge in [-0.05, 0) is 64.7 Å². The predicted molar refractivity (Wildman–Crippen MR) is 161 cm³/mol. The van der Waals surface area contributed by atoms with Gasteiger partial charge < -0.3 is 19.9 Å². The number of halogens is 1. The number of aryl methyl sites for hydroxylation is 1.